The molecular formula is C29H38F2N4O4. The SMILES string of the molecule is CCc1cccc(CNC[C@@H](O)[C@H](Cc2cc(F)cc(F)c2)NC(=O)CN2C[C@@H](CC)N(CC)C(=O)C2=O)c1. The summed E-state index contributed by atoms with van der Waals surface area (Å²) in [5.74, 6) is -3.50. The Morgan fingerprint density at radius 1 is 1.03 bits per heavy atom. The lowest BCUT2D eigenvalue weighted by molar-refractivity contribution is -0.159. The number of piperazine rings is 1. The van der Waals surface area contributed by atoms with Crippen LogP contribution in [0.15, 0.2) is 42.5 Å². The minimum Gasteiger partial charge on any atom is -0.390 e. The van der Waals surface area contributed by atoms with Crippen LogP contribution in [0.3, 0.4) is 0 Å². The Hall–Kier alpha value is -3.37. The average molecular weight is 545 g/mol. The summed E-state index contributed by atoms with van der Waals surface area (Å²) in [5, 5.41) is 16.9. The van der Waals surface area contributed by atoms with Gasteiger partial charge in [-0.25, -0.2) is 8.78 Å². The molecule has 1 fully saturated rings. The number of hydrogen-bond donors (Lipinski definition) is 3. The zero-order valence-electron chi connectivity index (χ0n) is 22.8. The van der Waals surface area contributed by atoms with Gasteiger partial charge in [0.15, 0.2) is 0 Å². The second-order valence-electron chi connectivity index (χ2n) is 9.87. The molecule has 0 radical (unpaired) electrons. The van der Waals surface area contributed by atoms with E-state index < -0.39 is 41.5 Å². The molecule has 0 aliphatic carbocycles. The molecule has 1 aliphatic rings. The summed E-state index contributed by atoms with van der Waals surface area (Å²) in [5.41, 5.74) is 2.49. The number of hydrogen-bond acceptors (Lipinski definition) is 5. The van der Waals surface area contributed by atoms with Gasteiger partial charge in [-0.1, -0.05) is 38.1 Å². The molecule has 212 valence electrons. The lowest BCUT2D eigenvalue weighted by Gasteiger charge is -2.39. The zero-order chi connectivity index (χ0) is 28.5. The molecule has 39 heavy (non-hydrogen) atoms. The molecule has 3 atom stereocenters. The van der Waals surface area contributed by atoms with E-state index in [-0.39, 0.29) is 37.7 Å². The number of likely N-dealkylation sites (N-methyl/N-ethyl adjacent to an activating group) is 1. The maximum atomic E-state index is 13.8. The van der Waals surface area contributed by atoms with Crippen LogP contribution in [0, 0.1) is 11.6 Å². The molecule has 3 N–H and O–H groups in total. The topological polar surface area (TPSA) is 102 Å². The normalized spacial score (nSPS) is 17.3. The van der Waals surface area contributed by atoms with Gasteiger partial charge in [-0.15, -0.1) is 0 Å². The molecule has 3 amide bonds. The van der Waals surface area contributed by atoms with Crippen LogP contribution in [-0.4, -0.2) is 77.0 Å². The molecule has 0 saturated carbocycles. The van der Waals surface area contributed by atoms with E-state index in [1.165, 1.54) is 15.4 Å². The van der Waals surface area contributed by atoms with Crippen molar-refractivity contribution in [2.75, 3.05) is 26.2 Å². The van der Waals surface area contributed by atoms with Crippen LogP contribution < -0.4 is 10.6 Å². The van der Waals surface area contributed by atoms with Crippen molar-refractivity contribution in [1.29, 1.82) is 0 Å². The van der Waals surface area contributed by atoms with Crippen LogP contribution in [0.2, 0.25) is 0 Å². The minimum atomic E-state index is -1.10. The summed E-state index contributed by atoms with van der Waals surface area (Å²) in [6.45, 7) is 6.61. The largest absolute Gasteiger partial charge is 0.390 e. The third kappa shape index (κ3) is 8.31. The minimum absolute atomic E-state index is 0.0390. The second-order valence-corrected chi connectivity index (χ2v) is 9.87. The quantitative estimate of drug-likeness (QED) is 0.336. The van der Waals surface area contributed by atoms with E-state index in [0.717, 1.165) is 30.2 Å². The Balaban J connectivity index is 1.69. The Kier molecular flexibility index (Phi) is 10.9. The van der Waals surface area contributed by atoms with Crippen molar-refractivity contribution in [3.63, 3.8) is 0 Å². The van der Waals surface area contributed by atoms with Gasteiger partial charge in [0.1, 0.15) is 18.2 Å². The van der Waals surface area contributed by atoms with Crippen LogP contribution in [0.25, 0.3) is 0 Å². The van der Waals surface area contributed by atoms with E-state index in [9.17, 15) is 28.3 Å². The molecule has 0 spiro atoms. The predicted octanol–water partition coefficient (Wildman–Crippen LogP) is 2.17. The molecule has 1 aliphatic heterocycles. The molecule has 2 aromatic rings. The highest BCUT2D eigenvalue weighted by Gasteiger charge is 2.38. The molecule has 0 bridgehead atoms. The van der Waals surface area contributed by atoms with Gasteiger partial charge < -0.3 is 25.5 Å². The summed E-state index contributed by atoms with van der Waals surface area (Å²) in [7, 11) is 0. The third-order valence-corrected chi connectivity index (χ3v) is 7.02. The Bertz CT molecular complexity index is 1140. The fourth-order valence-electron chi connectivity index (χ4n) is 4.91. The number of aliphatic hydroxyl groups excluding tert-OH is 1. The number of halogens is 2. The van der Waals surface area contributed by atoms with E-state index in [1.807, 2.05) is 25.1 Å². The van der Waals surface area contributed by atoms with Gasteiger partial charge >= 0.3 is 11.8 Å². The molecule has 1 heterocycles. The van der Waals surface area contributed by atoms with Crippen LogP contribution in [0.4, 0.5) is 8.78 Å². The van der Waals surface area contributed by atoms with Crippen molar-refractivity contribution >= 4 is 17.7 Å². The van der Waals surface area contributed by atoms with Crippen LogP contribution in [-0.2, 0) is 33.8 Å². The highest BCUT2D eigenvalue weighted by Crippen LogP contribution is 2.16. The van der Waals surface area contributed by atoms with Crippen molar-refractivity contribution in [2.24, 2.45) is 0 Å². The predicted molar refractivity (Wildman–Crippen MR) is 144 cm³/mol. The fraction of sp³-hybridized carbons (Fsp3) is 0.483. The number of nitrogens with one attached hydrogen (secondary N) is 2. The van der Waals surface area contributed by atoms with Crippen molar-refractivity contribution < 1.29 is 28.3 Å². The molecule has 10 heteroatoms. The first-order chi connectivity index (χ1) is 18.6. The average Bonchev–Trinajstić information content (AvgIpc) is 2.90. The Morgan fingerprint density at radius 3 is 2.36 bits per heavy atom. The van der Waals surface area contributed by atoms with E-state index in [2.05, 4.69) is 23.6 Å². The van der Waals surface area contributed by atoms with Crippen LogP contribution in [0.5, 0.6) is 0 Å². The van der Waals surface area contributed by atoms with E-state index >= 15 is 0 Å². The first-order valence-electron chi connectivity index (χ1n) is 13.5. The fourth-order valence-corrected chi connectivity index (χ4v) is 4.91. The van der Waals surface area contributed by atoms with Crippen molar-refractivity contribution in [3.8, 4) is 0 Å². The number of carbonyl (C=O) groups is 3. The Labute approximate surface area is 228 Å². The van der Waals surface area contributed by atoms with Gasteiger partial charge in [0.05, 0.1) is 12.1 Å². The van der Waals surface area contributed by atoms with Gasteiger partial charge in [-0.05, 0) is 55.0 Å². The molecule has 1 saturated heterocycles. The number of aryl methyl sites for hydroxylation is 1. The maximum absolute atomic E-state index is 13.8. The number of carbonyl (C=O) groups excluding carboxylic acids is 3. The van der Waals surface area contributed by atoms with Crippen molar-refractivity contribution in [2.45, 2.75) is 64.8 Å². The lowest BCUT2D eigenvalue weighted by Crippen LogP contribution is -2.61. The summed E-state index contributed by atoms with van der Waals surface area (Å²) in [4.78, 5) is 40.8. The number of rotatable bonds is 13. The molecule has 2 aromatic carbocycles. The molecule has 0 aromatic heterocycles. The number of aliphatic hydroxyl groups is 1. The summed E-state index contributed by atoms with van der Waals surface area (Å²) in [6.07, 6.45) is 0.384. The summed E-state index contributed by atoms with van der Waals surface area (Å²) >= 11 is 0. The van der Waals surface area contributed by atoms with Gasteiger partial charge in [-0.3, -0.25) is 14.4 Å². The molecule has 3 rings (SSSR count). The first kappa shape index (κ1) is 30.2. The van der Waals surface area contributed by atoms with Gasteiger partial charge in [0.2, 0.25) is 5.91 Å². The molecule has 0 unspecified atom stereocenters. The Morgan fingerprint density at radius 2 is 1.72 bits per heavy atom. The second kappa shape index (κ2) is 14.1. The lowest BCUT2D eigenvalue weighted by atomic mass is 10.00. The number of benzene rings is 2. The van der Waals surface area contributed by atoms with Crippen LogP contribution >= 0.6 is 0 Å². The van der Waals surface area contributed by atoms with E-state index in [1.54, 1.807) is 6.92 Å². The van der Waals surface area contributed by atoms with Crippen molar-refractivity contribution in [1.82, 2.24) is 20.4 Å². The molecular weight excluding hydrogens is 506 g/mol. The van der Waals surface area contributed by atoms with Gasteiger partial charge in [-0.2, -0.15) is 0 Å². The summed E-state index contributed by atoms with van der Waals surface area (Å²) < 4.78 is 27.7. The zero-order valence-corrected chi connectivity index (χ0v) is 22.8. The highest BCUT2D eigenvalue weighted by molar-refractivity contribution is 6.35. The standard InChI is InChI=1S/C29H38F2N4O4/c1-4-19-8-7-9-20(10-19)15-32-16-26(36)25(13-21-11-22(30)14-23(31)12-21)33-27(37)18-34-17-24(5-2)35(6-3)29(39)28(34)38/h7-12,14,24-26,32,36H,4-6,13,15-18H2,1-3H3,(H,33,37)/t24-,25+,26-/m1/s1. The third-order valence-electron chi connectivity index (χ3n) is 7.02. The molecule has 8 nitrogen and oxygen atoms in total. The van der Waals surface area contributed by atoms with Crippen molar-refractivity contribution in [3.05, 3.63) is 70.8 Å². The number of amides is 3. The summed E-state index contributed by atoms with van der Waals surface area (Å²) in [6, 6.07) is 9.98. The number of nitrogens with zero attached hydrogens (tertiary/aromatic N) is 2. The van der Waals surface area contributed by atoms with E-state index in [4.69, 9.17) is 0 Å². The van der Waals surface area contributed by atoms with E-state index in [0.29, 0.717) is 19.5 Å². The monoisotopic (exact) mass is 544 g/mol. The maximum Gasteiger partial charge on any atom is 0.312 e. The van der Waals surface area contributed by atoms with Crippen LogP contribution in [0.1, 0.15) is 43.9 Å². The first-order valence-corrected chi connectivity index (χ1v) is 13.5. The smallest absolute Gasteiger partial charge is 0.312 e. The van der Waals surface area contributed by atoms with Gasteiger partial charge in [0.25, 0.3) is 0 Å². The van der Waals surface area contributed by atoms with Gasteiger partial charge in [0, 0.05) is 38.3 Å². The highest BCUT2D eigenvalue weighted by atomic mass is 19.1.